The first kappa shape index (κ1) is 24.4. The number of benzene rings is 2. The molecule has 1 fully saturated rings. The van der Waals surface area contributed by atoms with Crippen LogP contribution in [0, 0.1) is 12.7 Å². The monoisotopic (exact) mass is 498 g/mol. The summed E-state index contributed by atoms with van der Waals surface area (Å²) in [5.41, 5.74) is 1.06. The van der Waals surface area contributed by atoms with Gasteiger partial charge in [-0.05, 0) is 49.4 Å². The van der Waals surface area contributed by atoms with Gasteiger partial charge in [0.25, 0.3) is 5.56 Å². The van der Waals surface area contributed by atoms with E-state index in [2.05, 4.69) is 10.6 Å². The molecule has 10 heteroatoms. The van der Waals surface area contributed by atoms with Crippen LogP contribution in [0.4, 0.5) is 20.6 Å². The summed E-state index contributed by atoms with van der Waals surface area (Å²) >= 11 is 5.89. The zero-order chi connectivity index (χ0) is 25.1. The minimum Gasteiger partial charge on any atom is -0.380 e. The fraction of sp³-hybridized carbons (Fsp3) is 0.240. The predicted molar refractivity (Wildman–Crippen MR) is 132 cm³/mol. The summed E-state index contributed by atoms with van der Waals surface area (Å²) in [6.07, 6.45) is 1.46. The van der Waals surface area contributed by atoms with Gasteiger partial charge in [0.15, 0.2) is 0 Å². The molecule has 4 rings (SSSR count). The smallest absolute Gasteiger partial charge is 0.322 e. The van der Waals surface area contributed by atoms with Crippen molar-refractivity contribution in [3.63, 3.8) is 0 Å². The molecule has 1 aliphatic rings. The van der Waals surface area contributed by atoms with E-state index >= 15 is 0 Å². The van der Waals surface area contributed by atoms with Gasteiger partial charge in [-0.3, -0.25) is 14.2 Å². The molecule has 35 heavy (non-hydrogen) atoms. The van der Waals surface area contributed by atoms with E-state index in [1.807, 2.05) is 0 Å². The number of nitrogens with zero attached hydrogens (tertiary/aromatic N) is 2. The fourth-order valence-electron chi connectivity index (χ4n) is 3.95. The number of halogens is 2. The van der Waals surface area contributed by atoms with Gasteiger partial charge < -0.3 is 20.3 Å². The molecule has 1 aliphatic heterocycles. The van der Waals surface area contributed by atoms with Crippen LogP contribution in [0.5, 0.6) is 0 Å². The molecule has 3 amide bonds. The Morgan fingerprint density at radius 1 is 1.11 bits per heavy atom. The molecule has 0 spiro atoms. The van der Waals surface area contributed by atoms with Gasteiger partial charge in [-0.2, -0.15) is 0 Å². The van der Waals surface area contributed by atoms with Gasteiger partial charge in [0, 0.05) is 48.6 Å². The lowest BCUT2D eigenvalue weighted by Crippen LogP contribution is -2.45. The van der Waals surface area contributed by atoms with Gasteiger partial charge in [-0.1, -0.05) is 17.7 Å². The molecular weight excluding hydrogens is 475 g/mol. The SMILES string of the molecule is CO[C@@H]1C[C@H](C(=O)Nc2ccc(-n3cccc(C)c3=O)cc2F)N(C(=O)Nc2ccc(Cl)cc2)C1. The van der Waals surface area contributed by atoms with Gasteiger partial charge in [0.05, 0.1) is 17.5 Å². The first-order chi connectivity index (χ1) is 16.8. The molecule has 1 aromatic heterocycles. The Morgan fingerprint density at radius 3 is 2.54 bits per heavy atom. The summed E-state index contributed by atoms with van der Waals surface area (Å²) < 4.78 is 21.6. The van der Waals surface area contributed by atoms with Crippen molar-refractivity contribution in [2.45, 2.75) is 25.5 Å². The second-order valence-corrected chi connectivity index (χ2v) is 8.65. The number of rotatable bonds is 5. The highest BCUT2D eigenvalue weighted by Crippen LogP contribution is 2.25. The van der Waals surface area contributed by atoms with Crippen molar-refractivity contribution in [3.05, 3.63) is 87.6 Å². The molecule has 3 aromatic rings. The molecule has 0 saturated carbocycles. The Hall–Kier alpha value is -3.69. The Morgan fingerprint density at radius 2 is 1.86 bits per heavy atom. The van der Waals surface area contributed by atoms with Gasteiger partial charge >= 0.3 is 6.03 Å². The van der Waals surface area contributed by atoms with Crippen LogP contribution in [0.1, 0.15) is 12.0 Å². The lowest BCUT2D eigenvalue weighted by molar-refractivity contribution is -0.119. The molecule has 0 bridgehead atoms. The maximum Gasteiger partial charge on any atom is 0.322 e. The van der Waals surface area contributed by atoms with Gasteiger partial charge in [-0.15, -0.1) is 0 Å². The van der Waals surface area contributed by atoms with Crippen LogP contribution >= 0.6 is 11.6 Å². The lowest BCUT2D eigenvalue weighted by Gasteiger charge is -2.24. The van der Waals surface area contributed by atoms with Gasteiger partial charge in [0.2, 0.25) is 5.91 Å². The third-order valence-corrected chi connectivity index (χ3v) is 6.13. The van der Waals surface area contributed by atoms with Crippen LogP contribution in [-0.4, -0.2) is 47.2 Å². The van der Waals surface area contributed by atoms with E-state index in [1.165, 1.54) is 34.8 Å². The number of anilines is 2. The van der Waals surface area contributed by atoms with E-state index in [0.29, 0.717) is 22.0 Å². The Balaban J connectivity index is 1.51. The number of ether oxygens (including phenoxy) is 1. The van der Waals surface area contributed by atoms with Crippen LogP contribution in [0.25, 0.3) is 5.69 Å². The minimum atomic E-state index is -0.870. The largest absolute Gasteiger partial charge is 0.380 e. The number of nitrogens with one attached hydrogen (secondary N) is 2. The molecule has 0 radical (unpaired) electrons. The maximum atomic E-state index is 14.9. The van der Waals surface area contributed by atoms with Gasteiger partial charge in [0.1, 0.15) is 11.9 Å². The quantitative estimate of drug-likeness (QED) is 0.551. The zero-order valence-electron chi connectivity index (χ0n) is 19.1. The molecule has 8 nitrogen and oxygen atoms in total. The third-order valence-electron chi connectivity index (χ3n) is 5.88. The van der Waals surface area contributed by atoms with Crippen LogP contribution in [-0.2, 0) is 9.53 Å². The van der Waals surface area contributed by atoms with Crippen molar-refractivity contribution in [2.75, 3.05) is 24.3 Å². The van der Waals surface area contributed by atoms with Crippen molar-refractivity contribution in [1.82, 2.24) is 9.47 Å². The molecule has 2 N–H and O–H groups in total. The summed E-state index contributed by atoms with van der Waals surface area (Å²) in [6, 6.07) is 12.7. The van der Waals surface area contributed by atoms with E-state index in [-0.39, 0.29) is 30.3 Å². The summed E-state index contributed by atoms with van der Waals surface area (Å²) in [5, 5.41) is 5.83. The molecular formula is C25H24ClFN4O4. The topological polar surface area (TPSA) is 92.7 Å². The van der Waals surface area contributed by atoms with Crippen molar-refractivity contribution < 1.29 is 18.7 Å². The molecule has 2 aromatic carbocycles. The van der Waals surface area contributed by atoms with Crippen LogP contribution in [0.15, 0.2) is 65.6 Å². The second-order valence-electron chi connectivity index (χ2n) is 8.22. The average molecular weight is 499 g/mol. The van der Waals surface area contributed by atoms with Crippen molar-refractivity contribution >= 4 is 34.9 Å². The zero-order valence-corrected chi connectivity index (χ0v) is 19.9. The summed E-state index contributed by atoms with van der Waals surface area (Å²) in [5.74, 6) is -1.25. The fourth-order valence-corrected chi connectivity index (χ4v) is 4.07. The van der Waals surface area contributed by atoms with Crippen LogP contribution in [0.2, 0.25) is 5.02 Å². The van der Waals surface area contributed by atoms with E-state index in [4.69, 9.17) is 16.3 Å². The Labute approximate surface area is 206 Å². The molecule has 2 atom stereocenters. The molecule has 1 saturated heterocycles. The summed E-state index contributed by atoms with van der Waals surface area (Å²) in [4.78, 5) is 39.7. The van der Waals surface area contributed by atoms with E-state index < -0.39 is 23.8 Å². The first-order valence-electron chi connectivity index (χ1n) is 10.9. The van der Waals surface area contributed by atoms with Crippen molar-refractivity contribution in [1.29, 1.82) is 0 Å². The molecule has 0 aliphatic carbocycles. The van der Waals surface area contributed by atoms with E-state index in [1.54, 1.807) is 49.5 Å². The highest BCUT2D eigenvalue weighted by molar-refractivity contribution is 6.30. The molecule has 0 unspecified atom stereocenters. The predicted octanol–water partition coefficient (Wildman–Crippen LogP) is 4.20. The number of hydrogen-bond acceptors (Lipinski definition) is 4. The number of likely N-dealkylation sites (tertiary alicyclic amines) is 1. The Bertz CT molecular complexity index is 1310. The van der Waals surface area contributed by atoms with Crippen molar-refractivity contribution in [2.24, 2.45) is 0 Å². The average Bonchev–Trinajstić information content (AvgIpc) is 3.29. The van der Waals surface area contributed by atoms with E-state index in [9.17, 15) is 18.8 Å². The standard InChI is InChI=1S/C25H24ClFN4O4/c1-15-4-3-11-30(24(15)33)18-9-10-21(20(27)12-18)29-23(32)22-13-19(35-2)14-31(22)25(34)28-17-7-5-16(26)6-8-17/h3-12,19,22H,13-14H2,1-2H3,(H,28,34)(H,29,32)/t19-,22-/m1/s1. The third kappa shape index (κ3) is 5.36. The summed E-state index contributed by atoms with van der Waals surface area (Å²) in [7, 11) is 1.51. The van der Waals surface area contributed by atoms with Crippen LogP contribution < -0.4 is 16.2 Å². The summed E-state index contributed by atoms with van der Waals surface area (Å²) in [6.45, 7) is 1.87. The number of methoxy groups -OCH3 is 1. The highest BCUT2D eigenvalue weighted by atomic mass is 35.5. The number of pyridine rings is 1. The van der Waals surface area contributed by atoms with Gasteiger partial charge in [-0.25, -0.2) is 9.18 Å². The number of urea groups is 1. The molecule has 182 valence electrons. The number of aryl methyl sites for hydroxylation is 1. The maximum absolute atomic E-state index is 14.9. The normalized spacial score (nSPS) is 17.3. The molecule has 2 heterocycles. The highest BCUT2D eigenvalue weighted by Gasteiger charge is 2.40. The second kappa shape index (κ2) is 10.3. The van der Waals surface area contributed by atoms with Crippen LogP contribution in [0.3, 0.4) is 0 Å². The van der Waals surface area contributed by atoms with Crippen molar-refractivity contribution in [3.8, 4) is 5.69 Å². The number of amides is 3. The number of aromatic nitrogens is 1. The first-order valence-corrected chi connectivity index (χ1v) is 11.3. The number of carbonyl (C=O) groups excluding carboxylic acids is 2. The minimum absolute atomic E-state index is 0.0571. The van der Waals surface area contributed by atoms with E-state index in [0.717, 1.165) is 0 Å². The Kier molecular flexibility index (Phi) is 7.18. The lowest BCUT2D eigenvalue weighted by atomic mass is 10.1. The number of carbonyl (C=O) groups is 2. The number of hydrogen-bond donors (Lipinski definition) is 2.